The highest BCUT2D eigenvalue weighted by molar-refractivity contribution is 5.76. The molecule has 6 nitrogen and oxygen atoms in total. The number of carbonyl (C=O) groups excluding carboxylic acids is 2. The monoisotopic (exact) mass is 1220 g/mol. The highest BCUT2D eigenvalue weighted by Gasteiger charge is 2.18. The molecule has 87 heavy (non-hydrogen) atoms. The molecule has 0 aliphatic carbocycles. The van der Waals surface area contributed by atoms with Gasteiger partial charge >= 0.3 is 5.97 Å². The van der Waals surface area contributed by atoms with Gasteiger partial charge in [0, 0.05) is 12.8 Å². The van der Waals surface area contributed by atoms with Crippen molar-refractivity contribution >= 4 is 11.9 Å². The molecule has 0 radical (unpaired) electrons. The lowest BCUT2D eigenvalue weighted by atomic mass is 10.0. The van der Waals surface area contributed by atoms with E-state index in [1.165, 1.54) is 366 Å². The minimum Gasteiger partial charge on any atom is -0.466 e. The van der Waals surface area contributed by atoms with Gasteiger partial charge in [-0.3, -0.25) is 9.59 Å². The number of aliphatic hydroxyl groups is 2. The third-order valence-electron chi connectivity index (χ3n) is 18.7. The Morgan fingerprint density at radius 1 is 0.322 bits per heavy atom. The Balaban J connectivity index is 3.29. The molecular formula is C81H155NO5. The van der Waals surface area contributed by atoms with Crippen LogP contribution in [0.25, 0.3) is 0 Å². The molecule has 0 fully saturated rings. The SMILES string of the molecule is CCCCC/C=C\C/C=C\CCCCCCCCCC(=O)OCCCCCCCCCCCCCCCCCCCCCCCCCCCCCCCCCCCCCCCCCC(=O)NC(CO)C(O)/C=C/CCCCCCCCCCCCCC. The number of unbranched alkanes of at least 4 members (excludes halogenated alkanes) is 60. The molecule has 0 aliphatic rings. The fourth-order valence-electron chi connectivity index (χ4n) is 12.6. The van der Waals surface area contributed by atoms with Crippen LogP contribution in [0.2, 0.25) is 0 Å². The van der Waals surface area contributed by atoms with Crippen LogP contribution in [-0.2, 0) is 14.3 Å². The number of hydrogen-bond acceptors (Lipinski definition) is 5. The first-order valence-corrected chi connectivity index (χ1v) is 39.8. The van der Waals surface area contributed by atoms with Crippen LogP contribution in [0, 0.1) is 0 Å². The Bertz CT molecular complexity index is 1410. The molecular weight excluding hydrogens is 1070 g/mol. The molecule has 0 rings (SSSR count). The fraction of sp³-hybridized carbons (Fsp3) is 0.901. The van der Waals surface area contributed by atoms with Crippen molar-refractivity contribution in [3.63, 3.8) is 0 Å². The topological polar surface area (TPSA) is 95.9 Å². The van der Waals surface area contributed by atoms with Crippen molar-refractivity contribution in [1.82, 2.24) is 5.32 Å². The van der Waals surface area contributed by atoms with E-state index < -0.39 is 12.1 Å². The van der Waals surface area contributed by atoms with E-state index in [2.05, 4.69) is 43.5 Å². The van der Waals surface area contributed by atoms with Gasteiger partial charge in [-0.1, -0.05) is 403 Å². The number of amides is 1. The lowest BCUT2D eigenvalue weighted by Gasteiger charge is -2.20. The summed E-state index contributed by atoms with van der Waals surface area (Å²) < 4.78 is 5.51. The van der Waals surface area contributed by atoms with Crippen molar-refractivity contribution in [2.45, 2.75) is 456 Å². The number of carbonyl (C=O) groups is 2. The highest BCUT2D eigenvalue weighted by Crippen LogP contribution is 2.20. The summed E-state index contributed by atoms with van der Waals surface area (Å²) in [6.07, 6.45) is 100.0. The van der Waals surface area contributed by atoms with Crippen molar-refractivity contribution in [1.29, 1.82) is 0 Å². The number of hydrogen-bond donors (Lipinski definition) is 3. The van der Waals surface area contributed by atoms with Gasteiger partial charge in [-0.15, -0.1) is 0 Å². The van der Waals surface area contributed by atoms with E-state index >= 15 is 0 Å². The van der Waals surface area contributed by atoms with Crippen LogP contribution in [0.15, 0.2) is 36.5 Å². The summed E-state index contributed by atoms with van der Waals surface area (Å²) in [6.45, 7) is 4.91. The molecule has 0 aliphatic heterocycles. The standard InChI is InChI=1S/C81H155NO5/c1-3-5-7-9-11-13-15-17-19-43-47-51-55-59-63-67-71-75-81(86)87-76-72-68-64-60-56-52-48-45-42-40-38-36-34-32-30-28-26-24-22-20-21-23-25-27-29-31-33-35-37-39-41-44-46-50-54-58-62-66-70-74-80(85)82-78(77-83)79(84)73-69-65-61-57-53-49-18-16-14-12-10-8-6-4-2/h11,13,17,19,69,73,78-79,83-84H,3-10,12,14-16,18,20-68,70-72,74-77H2,1-2H3,(H,82,85)/b13-11-,19-17-,73-69+. The molecule has 2 unspecified atom stereocenters. The molecule has 0 aromatic rings. The first kappa shape index (κ1) is 85.1. The minimum atomic E-state index is -0.839. The van der Waals surface area contributed by atoms with Gasteiger partial charge in [-0.2, -0.15) is 0 Å². The third kappa shape index (κ3) is 73.0. The van der Waals surface area contributed by atoms with Crippen molar-refractivity contribution < 1.29 is 24.5 Å². The molecule has 3 N–H and O–H groups in total. The van der Waals surface area contributed by atoms with E-state index in [1.54, 1.807) is 6.08 Å². The summed E-state index contributed by atoms with van der Waals surface area (Å²) in [5.41, 5.74) is 0. The maximum absolute atomic E-state index is 12.5. The average molecular weight is 1220 g/mol. The van der Waals surface area contributed by atoms with E-state index in [0.717, 1.165) is 51.4 Å². The van der Waals surface area contributed by atoms with E-state index in [0.29, 0.717) is 19.4 Å². The largest absolute Gasteiger partial charge is 0.466 e. The summed E-state index contributed by atoms with van der Waals surface area (Å²) in [6, 6.07) is -0.623. The molecule has 0 bridgehead atoms. The van der Waals surface area contributed by atoms with Gasteiger partial charge in [-0.25, -0.2) is 0 Å². The molecule has 0 aromatic carbocycles. The van der Waals surface area contributed by atoms with E-state index in [1.807, 2.05) is 6.08 Å². The molecule has 514 valence electrons. The number of aliphatic hydroxyl groups excluding tert-OH is 2. The normalized spacial score (nSPS) is 12.6. The van der Waals surface area contributed by atoms with Crippen molar-refractivity contribution in [3.05, 3.63) is 36.5 Å². The second-order valence-electron chi connectivity index (χ2n) is 27.4. The summed E-state index contributed by atoms with van der Waals surface area (Å²) >= 11 is 0. The molecule has 1 amide bonds. The van der Waals surface area contributed by atoms with Crippen LogP contribution in [0.3, 0.4) is 0 Å². The van der Waals surface area contributed by atoms with Gasteiger partial charge in [0.05, 0.1) is 25.4 Å². The molecule has 0 heterocycles. The summed E-state index contributed by atoms with van der Waals surface area (Å²) in [7, 11) is 0. The van der Waals surface area contributed by atoms with Crippen LogP contribution in [-0.4, -0.2) is 47.4 Å². The Labute approximate surface area is 544 Å². The zero-order valence-corrected chi connectivity index (χ0v) is 59.0. The highest BCUT2D eigenvalue weighted by atomic mass is 16.5. The molecule has 2 atom stereocenters. The first-order chi connectivity index (χ1) is 43.0. The van der Waals surface area contributed by atoms with Gasteiger partial charge in [0.25, 0.3) is 0 Å². The Kier molecular flexibility index (Phi) is 74.8. The Hall–Kier alpha value is -1.92. The van der Waals surface area contributed by atoms with Crippen molar-refractivity contribution in [2.75, 3.05) is 13.2 Å². The second-order valence-corrected chi connectivity index (χ2v) is 27.4. The summed E-state index contributed by atoms with van der Waals surface area (Å²) in [5, 5.41) is 23.2. The predicted octanol–water partition coefficient (Wildman–Crippen LogP) is 26.2. The van der Waals surface area contributed by atoms with Gasteiger partial charge < -0.3 is 20.3 Å². The third-order valence-corrected chi connectivity index (χ3v) is 18.7. The molecule has 0 saturated heterocycles. The van der Waals surface area contributed by atoms with E-state index in [-0.39, 0.29) is 18.5 Å². The Morgan fingerprint density at radius 2 is 0.575 bits per heavy atom. The lowest BCUT2D eigenvalue weighted by molar-refractivity contribution is -0.143. The number of rotatable bonds is 75. The van der Waals surface area contributed by atoms with Gasteiger partial charge in [0.15, 0.2) is 0 Å². The van der Waals surface area contributed by atoms with Gasteiger partial charge in [0.2, 0.25) is 5.91 Å². The summed E-state index contributed by atoms with van der Waals surface area (Å²) in [4.78, 5) is 24.6. The zero-order valence-electron chi connectivity index (χ0n) is 59.0. The lowest BCUT2D eigenvalue weighted by Crippen LogP contribution is -2.45. The van der Waals surface area contributed by atoms with Crippen LogP contribution < -0.4 is 5.32 Å². The number of allylic oxidation sites excluding steroid dienone is 5. The maximum atomic E-state index is 12.5. The van der Waals surface area contributed by atoms with Crippen LogP contribution in [0.5, 0.6) is 0 Å². The first-order valence-electron chi connectivity index (χ1n) is 39.8. The Morgan fingerprint density at radius 3 is 0.897 bits per heavy atom. The number of esters is 1. The molecule has 6 heteroatoms. The molecule has 0 saturated carbocycles. The van der Waals surface area contributed by atoms with Crippen LogP contribution >= 0.6 is 0 Å². The zero-order chi connectivity index (χ0) is 62.8. The quantitative estimate of drug-likeness (QED) is 0.0320. The number of ether oxygens (including phenoxy) is 1. The maximum Gasteiger partial charge on any atom is 0.305 e. The number of nitrogens with one attached hydrogen (secondary N) is 1. The average Bonchev–Trinajstić information content (AvgIpc) is 3.53. The van der Waals surface area contributed by atoms with Crippen LogP contribution in [0.1, 0.15) is 444 Å². The second kappa shape index (κ2) is 76.5. The van der Waals surface area contributed by atoms with Crippen molar-refractivity contribution in [2.24, 2.45) is 0 Å². The molecule has 0 spiro atoms. The smallest absolute Gasteiger partial charge is 0.305 e. The van der Waals surface area contributed by atoms with E-state index in [4.69, 9.17) is 4.74 Å². The minimum absolute atomic E-state index is 0.0166. The van der Waals surface area contributed by atoms with E-state index in [9.17, 15) is 19.8 Å². The predicted molar refractivity (Wildman–Crippen MR) is 384 cm³/mol. The fourth-order valence-corrected chi connectivity index (χ4v) is 12.6. The van der Waals surface area contributed by atoms with Gasteiger partial charge in [-0.05, 0) is 64.2 Å². The van der Waals surface area contributed by atoms with Gasteiger partial charge in [0.1, 0.15) is 0 Å². The van der Waals surface area contributed by atoms with Crippen LogP contribution in [0.4, 0.5) is 0 Å². The molecule has 0 aromatic heterocycles. The van der Waals surface area contributed by atoms with Crippen molar-refractivity contribution in [3.8, 4) is 0 Å². The summed E-state index contributed by atoms with van der Waals surface area (Å²) in [5.74, 6) is -0.0428.